The molecule has 1 aromatic rings. The van der Waals surface area contributed by atoms with Crippen LogP contribution in [0, 0.1) is 5.92 Å². The van der Waals surface area contributed by atoms with Crippen molar-refractivity contribution in [1.29, 1.82) is 0 Å². The van der Waals surface area contributed by atoms with Crippen LogP contribution < -0.4 is 11.1 Å². The fourth-order valence-electron chi connectivity index (χ4n) is 3.04. The van der Waals surface area contributed by atoms with E-state index in [1.54, 1.807) is 0 Å². The number of nitrogens with two attached hydrogens (primary N) is 1. The zero-order chi connectivity index (χ0) is 12.5. The van der Waals surface area contributed by atoms with Gasteiger partial charge in [-0.05, 0) is 36.3 Å². The molecule has 0 heterocycles. The summed E-state index contributed by atoms with van der Waals surface area (Å²) in [5.41, 5.74) is 8.85. The molecule has 3 heteroatoms. The molecular weight excluding hydrogens is 224 g/mol. The maximum Gasteiger partial charge on any atom is 0.0723 e. The van der Waals surface area contributed by atoms with Gasteiger partial charge in [-0.15, -0.1) is 0 Å². The molecule has 0 spiro atoms. The fraction of sp³-hybridized carbons (Fsp3) is 0.600. The standard InChI is InChI=1S/C15H22N2O/c1-18-15(10-6-7-10)9-17-14-8-13(16)11-4-2-3-5-12(11)14/h2-5,10,13-15,17H,6-9,16H2,1H3. The molecule has 0 radical (unpaired) electrons. The van der Waals surface area contributed by atoms with Gasteiger partial charge in [0, 0.05) is 25.7 Å². The number of rotatable bonds is 5. The van der Waals surface area contributed by atoms with Crippen molar-refractivity contribution >= 4 is 0 Å². The number of hydrogen-bond acceptors (Lipinski definition) is 3. The van der Waals surface area contributed by atoms with E-state index >= 15 is 0 Å². The lowest BCUT2D eigenvalue weighted by Crippen LogP contribution is -2.32. The van der Waals surface area contributed by atoms with E-state index in [1.807, 2.05) is 7.11 Å². The van der Waals surface area contributed by atoms with Gasteiger partial charge in [0.25, 0.3) is 0 Å². The first-order valence-electron chi connectivity index (χ1n) is 6.90. The lowest BCUT2D eigenvalue weighted by molar-refractivity contribution is 0.0811. The number of fused-ring (bicyclic) bond motifs is 1. The van der Waals surface area contributed by atoms with Gasteiger partial charge in [0.1, 0.15) is 0 Å². The van der Waals surface area contributed by atoms with Crippen molar-refractivity contribution in [3.8, 4) is 0 Å². The molecule has 3 unspecified atom stereocenters. The SMILES string of the molecule is COC(CNC1CC(N)c2ccccc21)C1CC1. The highest BCUT2D eigenvalue weighted by atomic mass is 16.5. The summed E-state index contributed by atoms with van der Waals surface area (Å²) in [4.78, 5) is 0. The van der Waals surface area contributed by atoms with E-state index in [2.05, 4.69) is 29.6 Å². The fourth-order valence-corrected chi connectivity index (χ4v) is 3.04. The Morgan fingerprint density at radius 1 is 1.33 bits per heavy atom. The van der Waals surface area contributed by atoms with Crippen LogP contribution in [0.25, 0.3) is 0 Å². The third-order valence-electron chi connectivity index (χ3n) is 4.28. The smallest absolute Gasteiger partial charge is 0.0723 e. The highest BCUT2D eigenvalue weighted by Gasteiger charge is 2.33. The van der Waals surface area contributed by atoms with Crippen LogP contribution in [0.3, 0.4) is 0 Å². The van der Waals surface area contributed by atoms with Crippen molar-refractivity contribution in [1.82, 2.24) is 5.32 Å². The maximum atomic E-state index is 6.18. The second-order valence-electron chi connectivity index (χ2n) is 5.54. The predicted molar refractivity (Wildman–Crippen MR) is 72.3 cm³/mol. The van der Waals surface area contributed by atoms with E-state index in [9.17, 15) is 0 Å². The summed E-state index contributed by atoms with van der Waals surface area (Å²) in [5, 5.41) is 3.64. The first-order valence-corrected chi connectivity index (χ1v) is 6.90. The molecule has 3 atom stereocenters. The number of nitrogens with one attached hydrogen (secondary N) is 1. The Kier molecular flexibility index (Phi) is 3.37. The van der Waals surface area contributed by atoms with E-state index in [0.29, 0.717) is 12.1 Å². The topological polar surface area (TPSA) is 47.3 Å². The Hall–Kier alpha value is -0.900. The van der Waals surface area contributed by atoms with Gasteiger partial charge in [-0.1, -0.05) is 24.3 Å². The monoisotopic (exact) mass is 246 g/mol. The predicted octanol–water partition coefficient (Wildman–Crippen LogP) is 2.15. The van der Waals surface area contributed by atoms with Gasteiger partial charge in [-0.2, -0.15) is 0 Å². The van der Waals surface area contributed by atoms with Gasteiger partial charge in [0.05, 0.1) is 6.10 Å². The number of hydrogen-bond donors (Lipinski definition) is 2. The van der Waals surface area contributed by atoms with Gasteiger partial charge in [0.15, 0.2) is 0 Å². The van der Waals surface area contributed by atoms with Crippen LogP contribution >= 0.6 is 0 Å². The first kappa shape index (κ1) is 12.2. The highest BCUT2D eigenvalue weighted by molar-refractivity contribution is 5.37. The van der Waals surface area contributed by atoms with E-state index in [-0.39, 0.29) is 6.04 Å². The van der Waals surface area contributed by atoms with E-state index < -0.39 is 0 Å². The molecule has 3 rings (SSSR count). The molecule has 0 saturated heterocycles. The van der Waals surface area contributed by atoms with Crippen molar-refractivity contribution in [2.75, 3.05) is 13.7 Å². The van der Waals surface area contributed by atoms with Gasteiger partial charge in [0.2, 0.25) is 0 Å². The van der Waals surface area contributed by atoms with Gasteiger partial charge in [-0.3, -0.25) is 0 Å². The molecular formula is C15H22N2O. The molecule has 3 nitrogen and oxygen atoms in total. The Morgan fingerprint density at radius 2 is 2.06 bits per heavy atom. The molecule has 3 N–H and O–H groups in total. The van der Waals surface area contributed by atoms with Crippen LogP contribution in [0.2, 0.25) is 0 Å². The summed E-state index contributed by atoms with van der Waals surface area (Å²) in [7, 11) is 1.82. The largest absolute Gasteiger partial charge is 0.380 e. The maximum absolute atomic E-state index is 6.18. The van der Waals surface area contributed by atoms with E-state index in [0.717, 1.165) is 18.9 Å². The number of benzene rings is 1. The van der Waals surface area contributed by atoms with Crippen molar-refractivity contribution in [2.45, 2.75) is 37.5 Å². The number of methoxy groups -OCH3 is 1. The van der Waals surface area contributed by atoms with E-state index in [4.69, 9.17) is 10.5 Å². The Labute approximate surface area is 109 Å². The minimum Gasteiger partial charge on any atom is -0.380 e. The van der Waals surface area contributed by atoms with Crippen molar-refractivity contribution in [3.63, 3.8) is 0 Å². The molecule has 2 aliphatic rings. The molecule has 18 heavy (non-hydrogen) atoms. The zero-order valence-corrected chi connectivity index (χ0v) is 10.9. The van der Waals surface area contributed by atoms with Crippen LogP contribution in [0.5, 0.6) is 0 Å². The summed E-state index contributed by atoms with van der Waals surface area (Å²) in [6.07, 6.45) is 4.01. The molecule has 98 valence electrons. The second-order valence-corrected chi connectivity index (χ2v) is 5.54. The Morgan fingerprint density at radius 3 is 2.72 bits per heavy atom. The minimum atomic E-state index is 0.181. The van der Waals surface area contributed by atoms with Gasteiger partial charge >= 0.3 is 0 Å². The average molecular weight is 246 g/mol. The zero-order valence-electron chi connectivity index (χ0n) is 10.9. The molecule has 2 aliphatic carbocycles. The average Bonchev–Trinajstić information content (AvgIpc) is 3.18. The summed E-state index contributed by atoms with van der Waals surface area (Å²) >= 11 is 0. The van der Waals surface area contributed by atoms with Gasteiger partial charge in [-0.25, -0.2) is 0 Å². The summed E-state index contributed by atoms with van der Waals surface area (Å²) in [5.74, 6) is 0.771. The normalized spacial score (nSPS) is 28.1. The highest BCUT2D eigenvalue weighted by Crippen LogP contribution is 2.38. The molecule has 0 amide bonds. The summed E-state index contributed by atoms with van der Waals surface area (Å²) in [6.45, 7) is 0.937. The van der Waals surface area contributed by atoms with E-state index in [1.165, 1.54) is 24.0 Å². The Balaban J connectivity index is 1.64. The lowest BCUT2D eigenvalue weighted by Gasteiger charge is -2.19. The minimum absolute atomic E-state index is 0.181. The molecule has 1 fully saturated rings. The van der Waals surface area contributed by atoms with Crippen LogP contribution in [-0.2, 0) is 4.74 Å². The quantitative estimate of drug-likeness (QED) is 0.837. The lowest BCUT2D eigenvalue weighted by atomic mass is 10.1. The van der Waals surface area contributed by atoms with Crippen molar-refractivity contribution in [3.05, 3.63) is 35.4 Å². The Bertz CT molecular complexity index is 417. The molecule has 1 aromatic carbocycles. The third kappa shape index (κ3) is 2.30. The summed E-state index contributed by atoms with van der Waals surface area (Å²) in [6, 6.07) is 9.09. The first-order chi connectivity index (χ1) is 8.79. The van der Waals surface area contributed by atoms with Gasteiger partial charge < -0.3 is 15.8 Å². The second kappa shape index (κ2) is 5.00. The molecule has 0 bridgehead atoms. The van der Waals surface area contributed by atoms with Crippen LogP contribution in [0.4, 0.5) is 0 Å². The van der Waals surface area contributed by atoms with Crippen LogP contribution in [0.15, 0.2) is 24.3 Å². The number of ether oxygens (including phenoxy) is 1. The van der Waals surface area contributed by atoms with Crippen LogP contribution in [0.1, 0.15) is 42.5 Å². The molecule has 0 aromatic heterocycles. The van der Waals surface area contributed by atoms with Crippen LogP contribution in [-0.4, -0.2) is 19.8 Å². The van der Waals surface area contributed by atoms with Crippen molar-refractivity contribution < 1.29 is 4.74 Å². The molecule has 1 saturated carbocycles. The van der Waals surface area contributed by atoms with Crippen molar-refractivity contribution in [2.24, 2.45) is 11.7 Å². The third-order valence-corrected chi connectivity index (χ3v) is 4.28. The summed E-state index contributed by atoms with van der Waals surface area (Å²) < 4.78 is 5.56. The molecule has 0 aliphatic heterocycles.